The van der Waals surface area contributed by atoms with Crippen molar-refractivity contribution >= 4 is 38.6 Å². The summed E-state index contributed by atoms with van der Waals surface area (Å²) in [5, 5.41) is 13.5. The summed E-state index contributed by atoms with van der Waals surface area (Å²) in [6, 6.07) is 5.46. The standard InChI is InChI=1S/C20H21BrN5O/c21-19-17-9-16(10-22)27-18(17)11-23-20(19)24-13-1-3-14(4-2-13)26-8-7-25-6-5-15(26)12-25/h5,9,11,13-15H,1-4,7-8,12H2,(H,23,24)/q+1. The highest BCUT2D eigenvalue weighted by Crippen LogP contribution is 2.34. The van der Waals surface area contributed by atoms with E-state index in [9.17, 15) is 0 Å². The molecule has 7 heteroatoms. The van der Waals surface area contributed by atoms with Gasteiger partial charge < -0.3 is 9.73 Å². The lowest BCUT2D eigenvalue weighted by atomic mass is 9.89. The van der Waals surface area contributed by atoms with Crippen molar-refractivity contribution < 1.29 is 8.99 Å². The van der Waals surface area contributed by atoms with Crippen LogP contribution in [0.2, 0.25) is 0 Å². The fourth-order valence-corrected chi connectivity index (χ4v) is 5.14. The Labute approximate surface area is 166 Å². The summed E-state index contributed by atoms with van der Waals surface area (Å²) >= 11 is 3.63. The van der Waals surface area contributed by atoms with Gasteiger partial charge in [-0.05, 0) is 41.6 Å². The zero-order chi connectivity index (χ0) is 18.4. The molecule has 4 heterocycles. The number of furan rings is 1. The third kappa shape index (κ3) is 3.08. The molecule has 6 nitrogen and oxygen atoms in total. The van der Waals surface area contributed by atoms with Crippen molar-refractivity contribution in [1.82, 2.24) is 9.88 Å². The van der Waals surface area contributed by atoms with Gasteiger partial charge in [0.2, 0.25) is 5.76 Å². The minimum Gasteiger partial charge on any atom is -0.444 e. The SMILES string of the molecule is N#Cc1cc2c(Br)c(NC3CCC(N4CC[N+]5=C=CC4C5)CC3)ncc2o1. The number of anilines is 1. The second-order valence-corrected chi connectivity index (χ2v) is 8.41. The maximum atomic E-state index is 9.02. The van der Waals surface area contributed by atoms with Crippen LogP contribution in [0.1, 0.15) is 31.4 Å². The Balaban J connectivity index is 1.24. The lowest BCUT2D eigenvalue weighted by molar-refractivity contribution is -0.533. The van der Waals surface area contributed by atoms with Crippen LogP contribution >= 0.6 is 15.9 Å². The summed E-state index contributed by atoms with van der Waals surface area (Å²) in [5.74, 6) is 4.51. The molecule has 1 unspecified atom stereocenters. The minimum absolute atomic E-state index is 0.309. The zero-order valence-corrected chi connectivity index (χ0v) is 16.6. The van der Waals surface area contributed by atoms with Gasteiger partial charge in [0.15, 0.2) is 24.5 Å². The number of nitrogens with one attached hydrogen (secondary N) is 1. The Morgan fingerprint density at radius 2 is 2.22 bits per heavy atom. The van der Waals surface area contributed by atoms with Crippen molar-refractivity contribution in [3.63, 3.8) is 0 Å². The first-order valence-electron chi connectivity index (χ1n) is 9.56. The van der Waals surface area contributed by atoms with E-state index in [0.717, 1.165) is 48.2 Å². The van der Waals surface area contributed by atoms with Crippen molar-refractivity contribution in [2.75, 3.05) is 25.0 Å². The highest BCUT2D eigenvalue weighted by molar-refractivity contribution is 9.10. The Morgan fingerprint density at radius 1 is 1.37 bits per heavy atom. The number of hydrogen-bond acceptors (Lipinski definition) is 5. The Bertz CT molecular complexity index is 988. The van der Waals surface area contributed by atoms with E-state index < -0.39 is 0 Å². The number of rotatable bonds is 3. The first-order valence-corrected chi connectivity index (χ1v) is 10.4. The summed E-state index contributed by atoms with van der Waals surface area (Å²) in [6.07, 6.45) is 8.65. The topological polar surface area (TPSA) is 68.1 Å². The highest BCUT2D eigenvalue weighted by atomic mass is 79.9. The number of hydrogen-bond donors (Lipinski definition) is 1. The van der Waals surface area contributed by atoms with Gasteiger partial charge in [0.25, 0.3) is 0 Å². The third-order valence-corrected chi connectivity index (χ3v) is 6.85. The second-order valence-electron chi connectivity index (χ2n) is 7.62. The van der Waals surface area contributed by atoms with Gasteiger partial charge in [-0.15, -0.1) is 0 Å². The molecule has 1 atom stereocenters. The predicted molar refractivity (Wildman–Crippen MR) is 106 cm³/mol. The second kappa shape index (κ2) is 6.79. The van der Waals surface area contributed by atoms with E-state index in [-0.39, 0.29) is 0 Å². The van der Waals surface area contributed by atoms with Crippen molar-refractivity contribution in [2.24, 2.45) is 0 Å². The predicted octanol–water partition coefficient (Wildman–Crippen LogP) is 3.12. The highest BCUT2D eigenvalue weighted by Gasteiger charge is 2.37. The molecule has 5 rings (SSSR count). The van der Waals surface area contributed by atoms with Crippen molar-refractivity contribution in [3.05, 3.63) is 28.6 Å². The molecule has 0 spiro atoms. The maximum Gasteiger partial charge on any atom is 0.204 e. The molecule has 1 saturated heterocycles. The van der Waals surface area contributed by atoms with Gasteiger partial charge in [-0.2, -0.15) is 9.84 Å². The monoisotopic (exact) mass is 426 g/mol. The van der Waals surface area contributed by atoms with Gasteiger partial charge in [0.05, 0.1) is 17.2 Å². The van der Waals surface area contributed by atoms with Crippen LogP contribution in [0, 0.1) is 11.3 Å². The van der Waals surface area contributed by atoms with E-state index in [0.29, 0.717) is 29.5 Å². The van der Waals surface area contributed by atoms with E-state index in [1.165, 1.54) is 12.8 Å². The molecule has 138 valence electrons. The summed E-state index contributed by atoms with van der Waals surface area (Å²) in [7, 11) is 0. The minimum atomic E-state index is 0.309. The quantitative estimate of drug-likeness (QED) is 0.763. The Kier molecular flexibility index (Phi) is 4.28. The van der Waals surface area contributed by atoms with Crippen LogP contribution in [0.15, 0.2) is 27.2 Å². The summed E-state index contributed by atoms with van der Waals surface area (Å²) < 4.78 is 8.63. The molecule has 27 heavy (non-hydrogen) atoms. The first kappa shape index (κ1) is 17.0. The molecule has 2 aliphatic heterocycles. The fraction of sp³-hybridized carbons (Fsp3) is 0.500. The number of nitriles is 1. The normalized spacial score (nSPS) is 27.6. The van der Waals surface area contributed by atoms with Crippen LogP contribution in [-0.2, 0) is 0 Å². The maximum absolute atomic E-state index is 9.02. The summed E-state index contributed by atoms with van der Waals surface area (Å²) in [5.41, 5.74) is 0.633. The van der Waals surface area contributed by atoms with Gasteiger partial charge in [-0.25, -0.2) is 4.98 Å². The number of pyridine rings is 1. The average molecular weight is 427 g/mol. The van der Waals surface area contributed by atoms with Gasteiger partial charge in [0.1, 0.15) is 17.9 Å². The van der Waals surface area contributed by atoms with Crippen LogP contribution < -0.4 is 5.32 Å². The van der Waals surface area contributed by atoms with Crippen LogP contribution in [-0.4, -0.2) is 58.1 Å². The van der Waals surface area contributed by atoms with Crippen LogP contribution in [0.5, 0.6) is 0 Å². The molecule has 1 saturated carbocycles. The molecule has 0 aromatic carbocycles. The van der Waals surface area contributed by atoms with E-state index >= 15 is 0 Å². The van der Waals surface area contributed by atoms with E-state index in [4.69, 9.17) is 9.68 Å². The van der Waals surface area contributed by atoms with Crippen molar-refractivity contribution in [3.8, 4) is 6.07 Å². The van der Waals surface area contributed by atoms with Gasteiger partial charge in [-0.1, -0.05) is 0 Å². The lowest BCUT2D eigenvalue weighted by Crippen LogP contribution is -2.52. The van der Waals surface area contributed by atoms with Gasteiger partial charge in [0, 0.05) is 29.6 Å². The fourth-order valence-electron chi connectivity index (χ4n) is 4.62. The first-order chi connectivity index (χ1) is 13.2. The van der Waals surface area contributed by atoms with Gasteiger partial charge in [-0.3, -0.25) is 4.90 Å². The Morgan fingerprint density at radius 3 is 3.04 bits per heavy atom. The van der Waals surface area contributed by atoms with E-state index in [2.05, 4.69) is 47.7 Å². The third-order valence-electron chi connectivity index (χ3n) is 6.04. The van der Waals surface area contributed by atoms with E-state index in [1.807, 2.05) is 6.07 Å². The molecule has 2 aromatic rings. The number of fused-ring (bicyclic) bond motifs is 3. The van der Waals surface area contributed by atoms with Gasteiger partial charge >= 0.3 is 0 Å². The smallest absolute Gasteiger partial charge is 0.204 e. The van der Waals surface area contributed by atoms with Crippen LogP contribution in [0.25, 0.3) is 11.0 Å². The lowest BCUT2D eigenvalue weighted by Gasteiger charge is -2.40. The largest absolute Gasteiger partial charge is 0.444 e. The molecule has 2 bridgehead atoms. The van der Waals surface area contributed by atoms with Crippen molar-refractivity contribution in [1.29, 1.82) is 5.26 Å². The molecule has 3 aliphatic rings. The molecule has 2 aromatic heterocycles. The molecular formula is C20H21BrN5O+. The molecule has 1 N–H and O–H groups in total. The van der Waals surface area contributed by atoms with Crippen LogP contribution in [0.4, 0.5) is 5.82 Å². The number of piperazine rings is 1. The van der Waals surface area contributed by atoms with E-state index in [1.54, 1.807) is 12.3 Å². The number of nitrogens with zero attached hydrogens (tertiary/aromatic N) is 4. The Hall–Kier alpha value is -2.13. The summed E-state index contributed by atoms with van der Waals surface area (Å²) in [4.78, 5) is 7.18. The van der Waals surface area contributed by atoms with Crippen LogP contribution in [0.3, 0.4) is 0 Å². The number of halogens is 1. The summed E-state index contributed by atoms with van der Waals surface area (Å²) in [6.45, 7) is 3.38. The number of aromatic nitrogens is 1. The average Bonchev–Trinajstić information content (AvgIpc) is 3.29. The zero-order valence-electron chi connectivity index (χ0n) is 15.0. The molecule has 1 aliphatic carbocycles. The molecule has 2 fully saturated rings. The molecule has 0 radical (unpaired) electrons. The molecule has 0 amide bonds. The molecular weight excluding hydrogens is 406 g/mol. The van der Waals surface area contributed by atoms with Crippen molar-refractivity contribution in [2.45, 2.75) is 43.8 Å².